The van der Waals surface area contributed by atoms with Crippen molar-refractivity contribution >= 4 is 52.4 Å². The highest BCUT2D eigenvalue weighted by Crippen LogP contribution is 2.43. The van der Waals surface area contributed by atoms with Gasteiger partial charge in [-0.05, 0) is 92.0 Å². The molecule has 1 N–H and O–H groups in total. The Morgan fingerprint density at radius 2 is 1.86 bits per heavy atom. The molecule has 1 aliphatic carbocycles. The zero-order valence-electron chi connectivity index (χ0n) is 24.4. The lowest BCUT2D eigenvalue weighted by molar-refractivity contribution is -0.145. The molecule has 0 spiro atoms. The Kier molecular flexibility index (Phi) is 9.72. The second-order valence-electron chi connectivity index (χ2n) is 11.6. The van der Waals surface area contributed by atoms with Gasteiger partial charge in [0.1, 0.15) is 0 Å². The fraction of sp³-hybridized carbons (Fsp3) is 0.333. The summed E-state index contributed by atoms with van der Waals surface area (Å²) in [4.78, 5) is 17.3. The van der Waals surface area contributed by atoms with E-state index >= 15 is 0 Å². The van der Waals surface area contributed by atoms with E-state index in [0.717, 1.165) is 64.7 Å². The Labute approximate surface area is 258 Å². The van der Waals surface area contributed by atoms with Gasteiger partial charge in [0.15, 0.2) is 0 Å². The number of pyridine rings is 1. The number of fused-ring (bicyclic) bond motifs is 1. The summed E-state index contributed by atoms with van der Waals surface area (Å²) in [7, 11) is 1.49. The molecule has 1 aliphatic rings. The van der Waals surface area contributed by atoms with E-state index < -0.39 is 5.60 Å². The van der Waals surface area contributed by atoms with Gasteiger partial charge in [-0.25, -0.2) is 4.98 Å². The monoisotopic (exact) mass is 599 g/mol. The van der Waals surface area contributed by atoms with Crippen LogP contribution in [0.25, 0.3) is 23.1 Å². The quantitative estimate of drug-likeness (QED) is 0.165. The summed E-state index contributed by atoms with van der Waals surface area (Å²) < 4.78 is 5.16. The first-order valence-corrected chi connectivity index (χ1v) is 16.0. The maximum Gasteiger partial charge on any atom is 0.309 e. The number of carbonyl (C=O) groups excluding carboxylic acids is 1. The van der Waals surface area contributed by atoms with Crippen LogP contribution in [0.4, 0.5) is 0 Å². The minimum Gasteiger partial charge on any atom is -0.469 e. The van der Waals surface area contributed by atoms with Gasteiger partial charge in [-0.1, -0.05) is 78.3 Å². The largest absolute Gasteiger partial charge is 0.469 e. The van der Waals surface area contributed by atoms with E-state index in [1.807, 2.05) is 74.1 Å². The third-order valence-electron chi connectivity index (χ3n) is 7.93. The topological polar surface area (TPSA) is 59.4 Å². The van der Waals surface area contributed by atoms with Crippen LogP contribution in [0.3, 0.4) is 0 Å². The number of hydrogen-bond acceptors (Lipinski definition) is 5. The summed E-state index contributed by atoms with van der Waals surface area (Å²) in [6.07, 6.45) is 8.03. The number of thioether (sulfide) groups is 1. The van der Waals surface area contributed by atoms with E-state index in [-0.39, 0.29) is 17.1 Å². The normalized spacial score (nSPS) is 15.2. The number of benzene rings is 3. The number of rotatable bonds is 12. The van der Waals surface area contributed by atoms with E-state index in [0.29, 0.717) is 10.9 Å². The van der Waals surface area contributed by atoms with Gasteiger partial charge in [0.2, 0.25) is 0 Å². The molecule has 1 aromatic heterocycles. The van der Waals surface area contributed by atoms with Crippen molar-refractivity contribution < 1.29 is 14.6 Å². The molecular formula is C36H38ClNO3S. The van der Waals surface area contributed by atoms with Gasteiger partial charge in [0, 0.05) is 21.4 Å². The van der Waals surface area contributed by atoms with Gasteiger partial charge >= 0.3 is 5.97 Å². The molecule has 1 fully saturated rings. The second-order valence-corrected chi connectivity index (χ2v) is 13.3. The fourth-order valence-corrected chi connectivity index (χ4v) is 7.12. The van der Waals surface area contributed by atoms with Crippen molar-refractivity contribution in [2.75, 3.05) is 12.9 Å². The molecule has 5 rings (SSSR count). The number of nitrogens with zero attached hydrogens (tertiary/aromatic N) is 1. The molecule has 0 aliphatic heterocycles. The van der Waals surface area contributed by atoms with Gasteiger partial charge in [-0.15, -0.1) is 0 Å². The Morgan fingerprint density at radius 3 is 2.62 bits per heavy atom. The summed E-state index contributed by atoms with van der Waals surface area (Å²) in [5.41, 5.74) is 5.26. The van der Waals surface area contributed by atoms with Crippen LogP contribution in [0.5, 0.6) is 0 Å². The van der Waals surface area contributed by atoms with Crippen molar-refractivity contribution in [3.8, 4) is 0 Å². The third-order valence-corrected chi connectivity index (χ3v) is 9.63. The summed E-state index contributed by atoms with van der Waals surface area (Å²) in [5, 5.41) is 12.7. The molecule has 0 radical (unpaired) electrons. The zero-order chi connectivity index (χ0) is 29.7. The molecule has 2 atom stereocenters. The van der Waals surface area contributed by atoms with E-state index in [1.165, 1.54) is 12.7 Å². The van der Waals surface area contributed by atoms with E-state index in [4.69, 9.17) is 21.3 Å². The van der Waals surface area contributed by atoms with E-state index in [9.17, 15) is 9.90 Å². The molecule has 1 saturated carbocycles. The number of ether oxygens (including phenoxy) is 1. The Hall–Kier alpha value is -3.12. The minimum atomic E-state index is -0.909. The fourth-order valence-electron chi connectivity index (χ4n) is 5.48. The number of carbonyl (C=O) groups is 1. The van der Waals surface area contributed by atoms with Gasteiger partial charge in [0.25, 0.3) is 0 Å². The first-order valence-electron chi connectivity index (χ1n) is 14.6. The first kappa shape index (κ1) is 30.3. The molecule has 0 bridgehead atoms. The van der Waals surface area contributed by atoms with Crippen LogP contribution in [-0.4, -0.2) is 28.9 Å². The number of aromatic nitrogens is 1. The molecule has 6 heteroatoms. The SMILES string of the molecule is COC(=O)C(CS[C@H](CCc1ccccc1C(C)(C)O)c1cccc(/C=C/c2ccc3ccc(Cl)cc3n2)c1)C1CC1. The summed E-state index contributed by atoms with van der Waals surface area (Å²) >= 11 is 8.02. The van der Waals surface area contributed by atoms with Crippen molar-refractivity contribution in [2.24, 2.45) is 11.8 Å². The molecular weight excluding hydrogens is 562 g/mol. The van der Waals surface area contributed by atoms with Gasteiger partial charge in [-0.2, -0.15) is 11.8 Å². The van der Waals surface area contributed by atoms with Gasteiger partial charge < -0.3 is 9.84 Å². The number of methoxy groups -OCH3 is 1. The number of halogens is 1. The highest BCUT2D eigenvalue weighted by atomic mass is 35.5. The predicted octanol–water partition coefficient (Wildman–Crippen LogP) is 8.89. The molecule has 3 aromatic carbocycles. The minimum absolute atomic E-state index is 0.0679. The number of aryl methyl sites for hydroxylation is 1. The predicted molar refractivity (Wildman–Crippen MR) is 176 cm³/mol. The molecule has 4 nitrogen and oxygen atoms in total. The smallest absolute Gasteiger partial charge is 0.309 e. The first-order chi connectivity index (χ1) is 20.2. The standard InChI is InChI=1S/C36H38ClNO3S/c1-36(2,40)32-10-5-4-8-26(32)16-20-34(42-23-31(25-12-13-25)35(39)41-3)28-9-6-7-24(21-28)11-18-30-19-15-27-14-17-29(37)22-33(27)38-30/h4-11,14-15,17-19,21-22,25,31,34,40H,12-13,16,20,23H2,1-3H3/b18-11+/t31?,34-/m1/s1. The third kappa shape index (κ3) is 7.83. The average Bonchev–Trinajstić information content (AvgIpc) is 3.82. The summed E-state index contributed by atoms with van der Waals surface area (Å²) in [6.45, 7) is 3.67. The van der Waals surface area contributed by atoms with Gasteiger partial charge in [0.05, 0.1) is 29.8 Å². The molecule has 0 saturated heterocycles. The molecule has 4 aromatic rings. The highest BCUT2D eigenvalue weighted by Gasteiger charge is 2.37. The van der Waals surface area contributed by atoms with Crippen molar-refractivity contribution in [1.29, 1.82) is 0 Å². The van der Waals surface area contributed by atoms with Crippen LogP contribution in [0.1, 0.15) is 66.3 Å². The number of hydrogen-bond donors (Lipinski definition) is 1. The van der Waals surface area contributed by atoms with Crippen LogP contribution < -0.4 is 0 Å². The van der Waals surface area contributed by atoms with Crippen LogP contribution in [-0.2, 0) is 21.6 Å². The Morgan fingerprint density at radius 1 is 1.07 bits per heavy atom. The highest BCUT2D eigenvalue weighted by molar-refractivity contribution is 7.99. The molecule has 1 heterocycles. The Bertz CT molecular complexity index is 1570. The zero-order valence-corrected chi connectivity index (χ0v) is 26.0. The maximum atomic E-state index is 12.6. The molecule has 218 valence electrons. The van der Waals surface area contributed by atoms with Crippen LogP contribution in [0, 0.1) is 11.8 Å². The lowest BCUT2D eigenvalue weighted by Crippen LogP contribution is -2.21. The average molecular weight is 600 g/mol. The maximum absolute atomic E-state index is 12.6. The lowest BCUT2D eigenvalue weighted by atomic mass is 9.90. The summed E-state index contributed by atoms with van der Waals surface area (Å²) in [5.74, 6) is 0.998. The van der Waals surface area contributed by atoms with Crippen LogP contribution in [0.15, 0.2) is 78.9 Å². The van der Waals surface area contributed by atoms with Crippen LogP contribution >= 0.6 is 23.4 Å². The van der Waals surface area contributed by atoms with Crippen molar-refractivity contribution in [3.05, 3.63) is 112 Å². The van der Waals surface area contributed by atoms with Crippen molar-refractivity contribution in [2.45, 2.75) is 50.4 Å². The van der Waals surface area contributed by atoms with Crippen LogP contribution in [0.2, 0.25) is 5.02 Å². The second kappa shape index (κ2) is 13.5. The van der Waals surface area contributed by atoms with E-state index in [1.54, 1.807) is 0 Å². The number of esters is 1. The summed E-state index contributed by atoms with van der Waals surface area (Å²) in [6, 6.07) is 26.6. The molecule has 0 amide bonds. The molecule has 1 unspecified atom stereocenters. The Balaban J connectivity index is 1.38. The lowest BCUT2D eigenvalue weighted by Gasteiger charge is -2.24. The number of aliphatic hydroxyl groups is 1. The van der Waals surface area contributed by atoms with Crippen molar-refractivity contribution in [3.63, 3.8) is 0 Å². The molecule has 42 heavy (non-hydrogen) atoms. The van der Waals surface area contributed by atoms with E-state index in [2.05, 4.69) is 42.5 Å². The van der Waals surface area contributed by atoms with Crippen molar-refractivity contribution in [1.82, 2.24) is 4.98 Å². The van der Waals surface area contributed by atoms with Gasteiger partial charge in [-0.3, -0.25) is 4.79 Å².